The van der Waals surface area contributed by atoms with Crippen LogP contribution in [0.15, 0.2) is 0 Å². The minimum atomic E-state index is -4.67. The molecule has 0 aromatic rings. The Morgan fingerprint density at radius 1 is 0.692 bits per heavy atom. The van der Waals surface area contributed by atoms with Gasteiger partial charge in [-0.1, -0.05) is 0 Å². The molecule has 0 saturated carbocycles. The quantitative estimate of drug-likeness (QED) is 0.414. The molecule has 0 aromatic heterocycles. The Balaban J connectivity index is -0.00000000286. The first kappa shape index (κ1) is 105. The third kappa shape index (κ3) is 6650. The normalized spacial score (nSPS) is 4.46. The summed E-state index contributed by atoms with van der Waals surface area (Å²) in [7, 11) is -4.67. The Labute approximate surface area is 90.9 Å². The van der Waals surface area contributed by atoms with Crippen molar-refractivity contribution in [3.63, 3.8) is 0 Å². The van der Waals surface area contributed by atoms with Crippen molar-refractivity contribution < 1.29 is 67.7 Å². The average Bonchev–Trinajstić information content (AvgIpc) is 0.722. The van der Waals surface area contributed by atoms with E-state index in [2.05, 4.69) is 0 Å². The van der Waals surface area contributed by atoms with Crippen LogP contribution in [0.2, 0.25) is 0 Å². The Morgan fingerprint density at radius 3 is 0.692 bits per heavy atom. The van der Waals surface area contributed by atoms with Gasteiger partial charge in [0.25, 0.3) is 0 Å². The fraction of sp³-hybridized carbons (Fsp3) is 0. The van der Waals surface area contributed by atoms with Crippen molar-refractivity contribution in [2.75, 3.05) is 0 Å². The zero-order chi connectivity index (χ0) is 4.50. The third-order valence-electron chi connectivity index (χ3n) is 0. The molecule has 94 valence electrons. The van der Waals surface area contributed by atoms with Crippen molar-refractivity contribution in [3.05, 3.63) is 0 Å². The van der Waals surface area contributed by atoms with Crippen LogP contribution in [-0.2, 0) is 27.8 Å². The van der Waals surface area contributed by atoms with Gasteiger partial charge >= 0.3 is 10.4 Å². The molecule has 0 aliphatic heterocycles. The molecule has 13 heavy (non-hydrogen) atoms. The van der Waals surface area contributed by atoms with E-state index in [1.807, 2.05) is 0 Å². The molecular formula is H15ClCrO10S. The summed E-state index contributed by atoms with van der Waals surface area (Å²) in [5, 5.41) is 0. The molecule has 0 aliphatic rings. The SMILES string of the molecule is Cl.O.O.O.O.O.O.O=S(=O)(O)O.[Cr]. The van der Waals surface area contributed by atoms with Crippen LogP contribution in [0, 0.1) is 0 Å². The monoisotopic (exact) mass is 294 g/mol. The van der Waals surface area contributed by atoms with Crippen LogP contribution in [0.4, 0.5) is 0 Å². The maximum atomic E-state index is 8.74. The molecule has 0 aromatic carbocycles. The molecule has 0 heterocycles. The van der Waals surface area contributed by atoms with Gasteiger partial charge in [0.1, 0.15) is 0 Å². The van der Waals surface area contributed by atoms with E-state index in [9.17, 15) is 0 Å². The van der Waals surface area contributed by atoms with Gasteiger partial charge in [-0.2, -0.15) is 8.42 Å². The van der Waals surface area contributed by atoms with Crippen molar-refractivity contribution in [1.29, 1.82) is 0 Å². The predicted octanol–water partition coefficient (Wildman–Crippen LogP) is -5.18. The number of hydrogen-bond donors (Lipinski definition) is 2. The zero-order valence-corrected chi connectivity index (χ0v) is 8.84. The second-order valence-electron chi connectivity index (χ2n) is 0.448. The number of halogens is 1. The Hall–Kier alpha value is 0.452. The smallest absolute Gasteiger partial charge is 0.394 e. The van der Waals surface area contributed by atoms with Gasteiger partial charge < -0.3 is 32.9 Å². The molecule has 0 aliphatic carbocycles. The summed E-state index contributed by atoms with van der Waals surface area (Å²) in [4.78, 5) is 0. The van der Waals surface area contributed by atoms with Gasteiger partial charge in [-0.15, -0.1) is 12.4 Å². The second kappa shape index (κ2) is 39.2. The van der Waals surface area contributed by atoms with Gasteiger partial charge in [-0.3, -0.25) is 9.11 Å². The Bertz CT molecular complexity index is 98.1. The van der Waals surface area contributed by atoms with E-state index >= 15 is 0 Å². The van der Waals surface area contributed by atoms with Crippen LogP contribution in [0.25, 0.3) is 0 Å². The zero-order valence-electron chi connectivity index (χ0n) is 5.94. The van der Waals surface area contributed by atoms with Gasteiger partial charge in [-0.05, 0) is 0 Å². The molecule has 0 amide bonds. The van der Waals surface area contributed by atoms with E-state index in [1.54, 1.807) is 0 Å². The molecule has 0 radical (unpaired) electrons. The average molecular weight is 295 g/mol. The topological polar surface area (TPSA) is 264 Å². The Kier molecular flexibility index (Phi) is 318. The molecule has 13 heteroatoms. The van der Waals surface area contributed by atoms with Gasteiger partial charge in [0.2, 0.25) is 0 Å². The first-order chi connectivity index (χ1) is 2.00. The molecule has 0 spiro atoms. The van der Waals surface area contributed by atoms with Crippen molar-refractivity contribution in [1.82, 2.24) is 0 Å². The van der Waals surface area contributed by atoms with Crippen molar-refractivity contribution in [3.8, 4) is 0 Å². The van der Waals surface area contributed by atoms with Gasteiger partial charge in [0, 0.05) is 17.4 Å². The maximum absolute atomic E-state index is 8.74. The summed E-state index contributed by atoms with van der Waals surface area (Å²) in [6.45, 7) is 0. The molecule has 0 atom stereocenters. The minimum absolute atomic E-state index is 0. The summed E-state index contributed by atoms with van der Waals surface area (Å²) in [5.74, 6) is 0. The fourth-order valence-electron chi connectivity index (χ4n) is 0. The minimum Gasteiger partial charge on any atom is -0.412 e. The number of hydrogen-bond acceptors (Lipinski definition) is 2. The molecule has 0 fully saturated rings. The van der Waals surface area contributed by atoms with E-state index in [0.29, 0.717) is 0 Å². The van der Waals surface area contributed by atoms with Gasteiger partial charge in [-0.25, -0.2) is 0 Å². The van der Waals surface area contributed by atoms with E-state index < -0.39 is 10.4 Å². The van der Waals surface area contributed by atoms with E-state index in [4.69, 9.17) is 17.5 Å². The maximum Gasteiger partial charge on any atom is 0.394 e. The first-order valence-corrected chi connectivity index (χ1v) is 2.10. The fourth-order valence-corrected chi connectivity index (χ4v) is 0. The summed E-state index contributed by atoms with van der Waals surface area (Å²) in [6.07, 6.45) is 0. The summed E-state index contributed by atoms with van der Waals surface area (Å²) in [5.41, 5.74) is 0. The Morgan fingerprint density at radius 2 is 0.692 bits per heavy atom. The van der Waals surface area contributed by atoms with Crippen LogP contribution in [0.5, 0.6) is 0 Å². The standard InChI is InChI=1S/ClH.Cr.H2O4S.6H2O/c;;1-5(2,3)4;;;;;;/h1H;;(H2,1,2,3,4);6*1H2. The van der Waals surface area contributed by atoms with Crippen LogP contribution in [-0.4, -0.2) is 50.4 Å². The summed E-state index contributed by atoms with van der Waals surface area (Å²) < 4.78 is 31.6. The molecule has 10 nitrogen and oxygen atoms in total. The molecule has 0 saturated heterocycles. The predicted molar refractivity (Wildman–Crippen MR) is 43.1 cm³/mol. The molecule has 0 unspecified atom stereocenters. The molecule has 14 N–H and O–H groups in total. The van der Waals surface area contributed by atoms with Crippen LogP contribution in [0.1, 0.15) is 0 Å². The third-order valence-corrected chi connectivity index (χ3v) is 0. The van der Waals surface area contributed by atoms with Gasteiger partial charge in [0.05, 0.1) is 0 Å². The van der Waals surface area contributed by atoms with Crippen molar-refractivity contribution in [2.45, 2.75) is 0 Å². The van der Waals surface area contributed by atoms with Gasteiger partial charge in [0.15, 0.2) is 0 Å². The van der Waals surface area contributed by atoms with Crippen LogP contribution in [0.3, 0.4) is 0 Å². The largest absolute Gasteiger partial charge is 0.412 e. The van der Waals surface area contributed by atoms with Crippen LogP contribution >= 0.6 is 12.4 Å². The second-order valence-corrected chi connectivity index (χ2v) is 1.34. The summed E-state index contributed by atoms with van der Waals surface area (Å²) in [6, 6.07) is 0. The van der Waals surface area contributed by atoms with E-state index in [0.717, 1.165) is 0 Å². The summed E-state index contributed by atoms with van der Waals surface area (Å²) >= 11 is 0. The molecule has 0 rings (SSSR count). The van der Waals surface area contributed by atoms with E-state index in [-0.39, 0.29) is 62.6 Å². The van der Waals surface area contributed by atoms with Crippen molar-refractivity contribution >= 4 is 22.8 Å². The first-order valence-electron chi connectivity index (χ1n) is 0.698. The van der Waals surface area contributed by atoms with Crippen LogP contribution < -0.4 is 0 Å². The van der Waals surface area contributed by atoms with Crippen molar-refractivity contribution in [2.24, 2.45) is 0 Å². The van der Waals surface area contributed by atoms with E-state index in [1.165, 1.54) is 0 Å². The number of rotatable bonds is 0. The molecular weight excluding hydrogens is 280 g/mol. The molecule has 0 bridgehead atoms.